The van der Waals surface area contributed by atoms with Gasteiger partial charge in [0, 0.05) is 0 Å². The molecule has 1 aromatic heterocycles. The normalized spacial score (nSPS) is 20.5. The van der Waals surface area contributed by atoms with Crippen molar-refractivity contribution in [3.8, 4) is 0 Å². The van der Waals surface area contributed by atoms with Gasteiger partial charge in [-0.1, -0.05) is 36.1 Å². The maximum absolute atomic E-state index is 12.7. The Morgan fingerprint density at radius 3 is 2.62 bits per heavy atom. The first kappa shape index (κ1) is 15.2. The van der Waals surface area contributed by atoms with Gasteiger partial charge in [0.25, 0.3) is 0 Å². The second kappa shape index (κ2) is 6.51. The number of aromatic amines is 1. The molecule has 0 aromatic carbocycles. The van der Waals surface area contributed by atoms with Crippen LogP contribution >= 0.6 is 0 Å². The van der Waals surface area contributed by atoms with Crippen molar-refractivity contribution in [1.82, 2.24) is 25.9 Å². The number of aromatic nitrogens is 4. The van der Waals surface area contributed by atoms with Gasteiger partial charge < -0.3 is 16.3 Å². The van der Waals surface area contributed by atoms with Crippen LogP contribution in [0.2, 0.25) is 0 Å². The molecule has 9 nitrogen and oxygen atoms in total. The van der Waals surface area contributed by atoms with Gasteiger partial charge in [-0.25, -0.2) is 0 Å². The molecule has 5 N–H and O–H groups in total. The lowest BCUT2D eigenvalue weighted by atomic mass is 9.78. The summed E-state index contributed by atoms with van der Waals surface area (Å²) in [5.41, 5.74) is 4.88. The second-order valence-corrected chi connectivity index (χ2v) is 5.45. The van der Waals surface area contributed by atoms with Crippen LogP contribution in [-0.4, -0.2) is 37.6 Å². The zero-order chi connectivity index (χ0) is 15.3. The van der Waals surface area contributed by atoms with E-state index in [2.05, 4.69) is 31.1 Å². The zero-order valence-corrected chi connectivity index (χ0v) is 12.0. The number of carbonyl (C=O) groups is 1. The van der Waals surface area contributed by atoms with E-state index < -0.39 is 11.5 Å². The number of amidine groups is 1. The van der Waals surface area contributed by atoms with Crippen LogP contribution in [0.25, 0.3) is 0 Å². The summed E-state index contributed by atoms with van der Waals surface area (Å²) in [7, 11) is 0. The van der Waals surface area contributed by atoms with Gasteiger partial charge in [0.2, 0.25) is 5.91 Å². The Bertz CT molecular complexity index is 492. The van der Waals surface area contributed by atoms with E-state index in [1.165, 1.54) is 0 Å². The lowest BCUT2D eigenvalue weighted by Crippen LogP contribution is -2.50. The van der Waals surface area contributed by atoms with E-state index >= 15 is 0 Å². The highest BCUT2D eigenvalue weighted by Gasteiger charge is 2.43. The number of hydrogen-bond donors (Lipinski definition) is 4. The van der Waals surface area contributed by atoms with E-state index in [4.69, 9.17) is 10.9 Å². The molecule has 0 aliphatic heterocycles. The Morgan fingerprint density at radius 1 is 1.43 bits per heavy atom. The third-order valence-corrected chi connectivity index (χ3v) is 4.09. The molecule has 1 fully saturated rings. The van der Waals surface area contributed by atoms with E-state index in [0.29, 0.717) is 18.7 Å². The van der Waals surface area contributed by atoms with Gasteiger partial charge in [0.05, 0.1) is 6.04 Å². The standard InChI is InChI=1S/C12H21N7O2/c1-8(9-15-18-19-16-9)14-11(20)12(10(13)17-21)6-4-2-3-5-7-12/h8,21H,2-7H2,1H3,(H2,13,17)(H,14,20)(H,15,16,18,19). The van der Waals surface area contributed by atoms with Gasteiger partial charge in [0.15, 0.2) is 11.7 Å². The number of nitrogens with two attached hydrogens (primary N) is 1. The second-order valence-electron chi connectivity index (χ2n) is 5.45. The minimum Gasteiger partial charge on any atom is -0.409 e. The highest BCUT2D eigenvalue weighted by molar-refractivity contribution is 6.06. The number of rotatable bonds is 4. The van der Waals surface area contributed by atoms with Crippen molar-refractivity contribution in [2.24, 2.45) is 16.3 Å². The molecule has 9 heteroatoms. The molecule has 1 amide bonds. The number of nitrogens with zero attached hydrogens (tertiary/aromatic N) is 4. The van der Waals surface area contributed by atoms with Crippen molar-refractivity contribution < 1.29 is 10.0 Å². The summed E-state index contributed by atoms with van der Waals surface area (Å²) in [6.45, 7) is 1.76. The van der Waals surface area contributed by atoms with Crippen molar-refractivity contribution in [1.29, 1.82) is 0 Å². The molecule has 0 radical (unpaired) electrons. The average molecular weight is 295 g/mol. The number of carbonyl (C=O) groups excluding carboxylic acids is 1. The maximum atomic E-state index is 12.7. The quantitative estimate of drug-likeness (QED) is 0.209. The van der Waals surface area contributed by atoms with Crippen LogP contribution in [0.15, 0.2) is 5.16 Å². The number of hydrogen-bond acceptors (Lipinski definition) is 6. The molecule has 1 aromatic rings. The van der Waals surface area contributed by atoms with Crippen LogP contribution in [0.4, 0.5) is 0 Å². The SMILES string of the molecule is CC(NC(=O)C1(C(N)=NO)CCCCCC1)c1nn[nH]n1. The summed E-state index contributed by atoms with van der Waals surface area (Å²) in [4.78, 5) is 12.7. The average Bonchev–Trinajstić information content (AvgIpc) is 2.91. The highest BCUT2D eigenvalue weighted by Crippen LogP contribution is 2.36. The van der Waals surface area contributed by atoms with E-state index in [0.717, 1.165) is 25.7 Å². The molecule has 0 bridgehead atoms. The predicted molar refractivity (Wildman–Crippen MR) is 74.3 cm³/mol. The molecule has 21 heavy (non-hydrogen) atoms. The smallest absolute Gasteiger partial charge is 0.234 e. The fraction of sp³-hybridized carbons (Fsp3) is 0.750. The van der Waals surface area contributed by atoms with E-state index in [1.54, 1.807) is 6.92 Å². The van der Waals surface area contributed by atoms with Crippen molar-refractivity contribution in [2.75, 3.05) is 0 Å². The molecule has 1 saturated carbocycles. The van der Waals surface area contributed by atoms with Crippen molar-refractivity contribution in [3.05, 3.63) is 5.82 Å². The number of tetrazole rings is 1. The molecule has 1 aliphatic carbocycles. The van der Waals surface area contributed by atoms with Crippen LogP contribution < -0.4 is 11.1 Å². The minimum absolute atomic E-state index is 0.0257. The molecule has 1 aliphatic rings. The fourth-order valence-electron chi connectivity index (χ4n) is 2.78. The molecule has 1 unspecified atom stereocenters. The summed E-state index contributed by atoms with van der Waals surface area (Å²) < 4.78 is 0. The highest BCUT2D eigenvalue weighted by atomic mass is 16.4. The van der Waals surface area contributed by atoms with Gasteiger partial charge in [0.1, 0.15) is 5.41 Å². The Balaban J connectivity index is 2.18. The van der Waals surface area contributed by atoms with Gasteiger partial charge in [-0.3, -0.25) is 4.79 Å². The molecule has 0 saturated heterocycles. The van der Waals surface area contributed by atoms with E-state index in [-0.39, 0.29) is 11.7 Å². The third kappa shape index (κ3) is 3.11. The molecule has 2 rings (SSSR count). The molecule has 0 spiro atoms. The van der Waals surface area contributed by atoms with E-state index in [1.807, 2.05) is 0 Å². The zero-order valence-electron chi connectivity index (χ0n) is 12.0. The summed E-state index contributed by atoms with van der Waals surface area (Å²) >= 11 is 0. The largest absolute Gasteiger partial charge is 0.409 e. The predicted octanol–water partition coefficient (Wildman–Crippen LogP) is 0.464. The van der Waals surface area contributed by atoms with Crippen LogP contribution in [0.5, 0.6) is 0 Å². The monoisotopic (exact) mass is 295 g/mol. The van der Waals surface area contributed by atoms with Gasteiger partial charge in [-0.15, -0.1) is 10.2 Å². The molecule has 1 atom stereocenters. The molecule has 116 valence electrons. The first-order valence-electron chi connectivity index (χ1n) is 7.12. The fourth-order valence-corrected chi connectivity index (χ4v) is 2.78. The Morgan fingerprint density at radius 2 is 2.10 bits per heavy atom. The van der Waals surface area contributed by atoms with E-state index in [9.17, 15) is 4.79 Å². The lowest BCUT2D eigenvalue weighted by molar-refractivity contribution is -0.129. The Labute approximate surface area is 122 Å². The number of oxime groups is 1. The Kier molecular flexibility index (Phi) is 4.71. The van der Waals surface area contributed by atoms with Crippen LogP contribution in [0.1, 0.15) is 57.3 Å². The van der Waals surface area contributed by atoms with Crippen molar-refractivity contribution in [2.45, 2.75) is 51.5 Å². The molecular formula is C12H21N7O2. The van der Waals surface area contributed by atoms with Crippen LogP contribution in [0, 0.1) is 5.41 Å². The third-order valence-electron chi connectivity index (χ3n) is 4.09. The molecule has 1 heterocycles. The van der Waals surface area contributed by atoms with Gasteiger partial charge in [-0.2, -0.15) is 5.21 Å². The summed E-state index contributed by atoms with van der Waals surface area (Å²) in [6.07, 6.45) is 5.00. The van der Waals surface area contributed by atoms with Crippen molar-refractivity contribution in [3.63, 3.8) is 0 Å². The minimum atomic E-state index is -0.955. The van der Waals surface area contributed by atoms with Crippen LogP contribution in [0.3, 0.4) is 0 Å². The maximum Gasteiger partial charge on any atom is 0.234 e. The summed E-state index contributed by atoms with van der Waals surface area (Å²) in [6, 6.07) is -0.400. The first-order chi connectivity index (χ1) is 10.1. The van der Waals surface area contributed by atoms with Crippen molar-refractivity contribution >= 4 is 11.7 Å². The summed E-state index contributed by atoms with van der Waals surface area (Å²) in [5.74, 6) is 0.117. The summed E-state index contributed by atoms with van der Waals surface area (Å²) in [5, 5.41) is 28.5. The Hall–Kier alpha value is -2.19. The first-order valence-corrected chi connectivity index (χ1v) is 7.12. The lowest BCUT2D eigenvalue weighted by Gasteiger charge is -2.30. The van der Waals surface area contributed by atoms with Gasteiger partial charge >= 0.3 is 0 Å². The number of nitrogens with one attached hydrogen (secondary N) is 2. The van der Waals surface area contributed by atoms with Crippen LogP contribution in [-0.2, 0) is 4.79 Å². The van der Waals surface area contributed by atoms with Gasteiger partial charge in [-0.05, 0) is 19.8 Å². The topological polar surface area (TPSA) is 142 Å². The number of amides is 1. The molecular weight excluding hydrogens is 274 g/mol. The number of H-pyrrole nitrogens is 1.